The maximum Gasteiger partial charge on any atom is 0.324 e. The van der Waals surface area contributed by atoms with Crippen LogP contribution in [0.4, 0.5) is 4.79 Å². The number of primary amides is 1. The Morgan fingerprint density at radius 2 is 0.852 bits per heavy atom. The van der Waals surface area contributed by atoms with Crippen LogP contribution in [0.2, 0.25) is 0 Å². The van der Waals surface area contributed by atoms with Crippen LogP contribution in [-0.2, 0) is 62.3 Å². The summed E-state index contributed by atoms with van der Waals surface area (Å²) in [6.45, 7) is 12.6. The molecule has 0 aromatic heterocycles. The van der Waals surface area contributed by atoms with Gasteiger partial charge in [0, 0.05) is 14.0 Å². The van der Waals surface area contributed by atoms with E-state index in [4.69, 9.17) is 5.73 Å². The number of imide groups is 1. The second-order valence-corrected chi connectivity index (χ2v) is 22.9. The predicted molar refractivity (Wildman–Crippen MR) is 321 cm³/mol. The molecule has 0 aliphatic rings. The number of allylic oxidation sites excluding steroid dienone is 1. The molecule has 0 heterocycles. The van der Waals surface area contributed by atoms with E-state index >= 15 is 0 Å². The summed E-state index contributed by atoms with van der Waals surface area (Å²) in [5, 5.41) is 63.1. The number of carboxylic acid groups (broad SMARTS) is 2. The minimum Gasteiger partial charge on any atom is -0.481 e. The number of aliphatic hydroxyl groups is 2. The van der Waals surface area contributed by atoms with Crippen molar-refractivity contribution >= 4 is 82.9 Å². The predicted octanol–water partition coefficient (Wildman–Crippen LogP) is -0.279. The Bertz CT molecular complexity index is 2370. The van der Waals surface area contributed by atoms with Crippen molar-refractivity contribution in [1.82, 2.24) is 58.1 Å². The van der Waals surface area contributed by atoms with Crippen molar-refractivity contribution in [3.8, 4) is 0 Å². The fourth-order valence-corrected chi connectivity index (χ4v) is 8.84. The Labute approximate surface area is 515 Å². The Hall–Kier alpha value is -7.76. The molecule has 0 saturated carbocycles. The SMILES string of the molecule is CCCCCCCCC(NC(C)=O)C(=O)N[C@H](CO)C(=O)N[C@@H](CC(C)C)C(=O)N[C@H](CO)C(=O)NC(=O)N(C)[C@H](CC(C)C)C(=O)N[C@@H](CC(=O)O)C(=O)N[C@H](CCCCCCCC)C(=O)N[C@@H](CC(=O)O)C(=O)NCC(=O)N/C(=C/C(C)C)C(N)=O. The van der Waals surface area contributed by atoms with Crippen molar-refractivity contribution in [1.29, 1.82) is 0 Å². The van der Waals surface area contributed by atoms with Crippen molar-refractivity contribution in [2.45, 2.75) is 226 Å². The Morgan fingerprint density at radius 3 is 1.30 bits per heavy atom. The van der Waals surface area contributed by atoms with Crippen LogP contribution >= 0.6 is 0 Å². The first kappa shape index (κ1) is 80.2. The van der Waals surface area contributed by atoms with Gasteiger partial charge in [-0.05, 0) is 43.4 Å². The highest BCUT2D eigenvalue weighted by atomic mass is 16.4. The van der Waals surface area contributed by atoms with Crippen molar-refractivity contribution in [2.24, 2.45) is 23.5 Å². The zero-order valence-electron chi connectivity index (χ0n) is 52.8. The maximum atomic E-state index is 14.2. The minimum atomic E-state index is -1.95. The third-order valence-corrected chi connectivity index (χ3v) is 13.5. The Morgan fingerprint density at radius 1 is 0.466 bits per heavy atom. The molecular weight excluding hydrogens is 1150 g/mol. The Kier molecular flexibility index (Phi) is 39.9. The lowest BCUT2D eigenvalue weighted by molar-refractivity contribution is -0.142. The van der Waals surface area contributed by atoms with Crippen LogP contribution in [0.5, 0.6) is 0 Å². The van der Waals surface area contributed by atoms with Gasteiger partial charge in [0.15, 0.2) is 0 Å². The number of amides is 13. The molecule has 0 aromatic rings. The average molecular weight is 1250 g/mol. The van der Waals surface area contributed by atoms with Crippen molar-refractivity contribution in [3.63, 3.8) is 0 Å². The average Bonchev–Trinajstić information content (AvgIpc) is 2.94. The molecule has 8 atom stereocenters. The van der Waals surface area contributed by atoms with Crippen LogP contribution < -0.4 is 58.9 Å². The first-order valence-electron chi connectivity index (χ1n) is 30.2. The molecule has 0 saturated heterocycles. The van der Waals surface area contributed by atoms with E-state index in [2.05, 4.69) is 54.8 Å². The van der Waals surface area contributed by atoms with E-state index in [1.165, 1.54) is 13.0 Å². The monoisotopic (exact) mass is 1250 g/mol. The standard InChI is InChI=1S/C58H100N12O18/c1-11-13-15-17-19-21-23-37(61-36(9)73)51(81)67-43(31-71)55(85)64-40(26-34(5)6)53(83)68-44(32-72)56(86)69-58(88)70(10)45(27-35(7)8)57(87)66-42(29-48(77)78)54(84)63-38(24-22-20-18-16-14-12-2)52(82)65-41(28-47(75)76)50(80)60-30-46(74)62-39(49(59)79)25-33(3)4/h25,33-35,37-38,40-45,71-72H,11-24,26-32H2,1-10H3,(H2,59,79)(H,60,80)(H,61,73)(H,62,74)(H,63,84)(H,64,85)(H,65,82)(H,66,87)(H,67,81)(H,68,83)(H,75,76)(H,77,78)(H,69,86,88)/b39-25+/t37?,38-,40+,41+,42+,43-,44-,45-/m1/s1. The highest BCUT2D eigenvalue weighted by Gasteiger charge is 2.37. The summed E-state index contributed by atoms with van der Waals surface area (Å²) in [6.07, 6.45) is 8.83. The topological polar surface area (TPSA) is 469 Å². The molecule has 0 aliphatic heterocycles. The van der Waals surface area contributed by atoms with Gasteiger partial charge in [0.25, 0.3) is 11.8 Å². The van der Waals surface area contributed by atoms with Crippen LogP contribution in [0.25, 0.3) is 0 Å². The van der Waals surface area contributed by atoms with Crippen LogP contribution in [0.1, 0.15) is 178 Å². The second kappa shape index (κ2) is 43.8. The van der Waals surface area contributed by atoms with Gasteiger partial charge >= 0.3 is 18.0 Å². The first-order valence-corrected chi connectivity index (χ1v) is 30.2. The van der Waals surface area contributed by atoms with Gasteiger partial charge in [-0.15, -0.1) is 0 Å². The number of nitrogens with zero attached hydrogens (tertiary/aromatic N) is 1. The zero-order valence-corrected chi connectivity index (χ0v) is 52.8. The van der Waals surface area contributed by atoms with E-state index in [1.807, 2.05) is 12.2 Å². The van der Waals surface area contributed by atoms with E-state index in [9.17, 15) is 87.5 Å². The number of urea groups is 1. The fourth-order valence-electron chi connectivity index (χ4n) is 8.84. The molecule has 16 N–H and O–H groups in total. The third kappa shape index (κ3) is 34.0. The van der Waals surface area contributed by atoms with Gasteiger partial charge in [0.2, 0.25) is 53.2 Å². The fraction of sp³-hybridized carbons (Fsp3) is 0.724. The lowest BCUT2D eigenvalue weighted by atomic mass is 10.0. The van der Waals surface area contributed by atoms with Gasteiger partial charge in [0.1, 0.15) is 54.0 Å². The molecule has 0 rings (SSSR count). The number of nitrogens with two attached hydrogens (primary N) is 1. The van der Waals surface area contributed by atoms with Gasteiger partial charge in [-0.1, -0.05) is 139 Å². The van der Waals surface area contributed by atoms with Crippen molar-refractivity contribution in [2.75, 3.05) is 26.8 Å². The molecular formula is C58H100N12O18. The van der Waals surface area contributed by atoms with Crippen LogP contribution in [0.3, 0.4) is 0 Å². The summed E-state index contributed by atoms with van der Waals surface area (Å²) in [5.41, 5.74) is 5.06. The maximum absolute atomic E-state index is 14.2. The molecule has 500 valence electrons. The molecule has 0 bridgehead atoms. The molecule has 13 amide bonds. The summed E-state index contributed by atoms with van der Waals surface area (Å²) in [7, 11) is 1.09. The third-order valence-electron chi connectivity index (χ3n) is 13.5. The number of hydrogen-bond donors (Lipinski definition) is 15. The number of aliphatic hydroxyl groups excluding tert-OH is 2. The molecule has 30 heteroatoms. The van der Waals surface area contributed by atoms with Crippen LogP contribution in [0, 0.1) is 17.8 Å². The van der Waals surface area contributed by atoms with E-state index in [0.29, 0.717) is 19.3 Å². The molecule has 1 unspecified atom stereocenters. The van der Waals surface area contributed by atoms with E-state index < -0.39 is 170 Å². The van der Waals surface area contributed by atoms with Gasteiger partial charge in [-0.2, -0.15) is 0 Å². The van der Waals surface area contributed by atoms with Crippen molar-refractivity contribution in [3.05, 3.63) is 11.8 Å². The van der Waals surface area contributed by atoms with Gasteiger partial charge in [0.05, 0.1) is 32.6 Å². The summed E-state index contributed by atoms with van der Waals surface area (Å²) in [6, 6.07) is -14.1. The van der Waals surface area contributed by atoms with E-state index in [0.717, 1.165) is 69.7 Å². The second-order valence-electron chi connectivity index (χ2n) is 22.9. The molecule has 0 fully saturated rings. The normalized spacial score (nSPS) is 14.1. The van der Waals surface area contributed by atoms with Crippen LogP contribution in [0.15, 0.2) is 11.8 Å². The number of carbonyl (C=O) groups excluding carboxylic acids is 12. The first-order chi connectivity index (χ1) is 41.3. The van der Waals surface area contributed by atoms with Gasteiger partial charge in [-0.3, -0.25) is 67.6 Å². The van der Waals surface area contributed by atoms with Crippen molar-refractivity contribution < 1.29 is 87.5 Å². The summed E-state index contributed by atoms with van der Waals surface area (Å²) in [5.74, 6) is -15.1. The number of carboxylic acids is 2. The van der Waals surface area contributed by atoms with E-state index in [-0.39, 0.29) is 43.2 Å². The highest BCUT2D eigenvalue weighted by molar-refractivity contribution is 6.02. The number of rotatable bonds is 45. The molecule has 30 nitrogen and oxygen atoms in total. The Balaban J connectivity index is 6.56. The largest absolute Gasteiger partial charge is 0.481 e. The molecule has 88 heavy (non-hydrogen) atoms. The number of unbranched alkanes of at least 4 members (excludes halogenated alkanes) is 10. The quantitative estimate of drug-likeness (QED) is 0.0275. The lowest BCUT2D eigenvalue weighted by Gasteiger charge is -2.31. The molecule has 0 radical (unpaired) electrons. The minimum absolute atomic E-state index is 0.0631. The number of likely N-dealkylation sites (N-methyl/N-ethyl adjacent to an activating group) is 1. The smallest absolute Gasteiger partial charge is 0.324 e. The number of nitrogens with one attached hydrogen (secondary N) is 10. The molecule has 0 aromatic carbocycles. The van der Waals surface area contributed by atoms with Crippen LogP contribution in [-0.4, -0.2) is 183 Å². The number of carbonyl (C=O) groups is 14. The van der Waals surface area contributed by atoms with Gasteiger partial charge in [-0.25, -0.2) is 4.79 Å². The number of hydrogen-bond acceptors (Lipinski definition) is 16. The highest BCUT2D eigenvalue weighted by Crippen LogP contribution is 2.15. The van der Waals surface area contributed by atoms with E-state index in [1.54, 1.807) is 41.5 Å². The zero-order chi connectivity index (χ0) is 67.2. The molecule has 0 spiro atoms. The summed E-state index contributed by atoms with van der Waals surface area (Å²) in [4.78, 5) is 185. The van der Waals surface area contributed by atoms with Gasteiger partial charge < -0.3 is 78.9 Å². The lowest BCUT2D eigenvalue weighted by Crippen LogP contribution is -2.61. The summed E-state index contributed by atoms with van der Waals surface area (Å²) < 4.78 is 0. The summed E-state index contributed by atoms with van der Waals surface area (Å²) >= 11 is 0. The number of aliphatic carboxylic acids is 2. The molecule has 0 aliphatic carbocycles.